The molecule has 1 atom stereocenters. The predicted molar refractivity (Wildman–Crippen MR) is 87.3 cm³/mol. The van der Waals surface area contributed by atoms with Crippen molar-refractivity contribution in [2.75, 3.05) is 6.54 Å². The van der Waals surface area contributed by atoms with Gasteiger partial charge in [0.2, 0.25) is 0 Å². The molecule has 0 fully saturated rings. The summed E-state index contributed by atoms with van der Waals surface area (Å²) in [6.07, 6.45) is -0.728. The summed E-state index contributed by atoms with van der Waals surface area (Å²) in [4.78, 5) is 12.1. The lowest BCUT2D eigenvalue weighted by molar-refractivity contribution is 0.0915. The molecule has 2 heterocycles. The van der Waals surface area contributed by atoms with Gasteiger partial charge in [-0.25, -0.2) is 0 Å². The van der Waals surface area contributed by atoms with Crippen LogP contribution in [0.2, 0.25) is 0 Å². The lowest BCUT2D eigenvalue weighted by Crippen LogP contribution is -2.28. The molecule has 1 aromatic carbocycles. The molecule has 0 saturated carbocycles. The number of rotatable bonds is 4. The Hall–Kier alpha value is -2.11. The van der Waals surface area contributed by atoms with Gasteiger partial charge in [-0.3, -0.25) is 4.79 Å². The fraction of sp³-hybridized carbons (Fsp3) is 0.235. The number of benzene rings is 1. The van der Waals surface area contributed by atoms with E-state index in [2.05, 4.69) is 5.32 Å². The van der Waals surface area contributed by atoms with Crippen LogP contribution in [0.15, 0.2) is 40.1 Å². The summed E-state index contributed by atoms with van der Waals surface area (Å²) in [7, 11) is 0. The number of carbonyl (C=O) groups is 1. The number of thiophene rings is 1. The van der Waals surface area contributed by atoms with E-state index in [-0.39, 0.29) is 12.5 Å². The number of fused-ring (bicyclic) bond motifs is 1. The van der Waals surface area contributed by atoms with Crippen LogP contribution in [-0.4, -0.2) is 17.6 Å². The average molecular weight is 315 g/mol. The van der Waals surface area contributed by atoms with Crippen LogP contribution in [0.25, 0.3) is 10.1 Å². The van der Waals surface area contributed by atoms with E-state index in [1.165, 1.54) is 0 Å². The largest absolute Gasteiger partial charge is 0.466 e. The number of furan rings is 1. The van der Waals surface area contributed by atoms with Crippen LogP contribution in [0.3, 0.4) is 0 Å². The topological polar surface area (TPSA) is 62.5 Å². The van der Waals surface area contributed by atoms with Crippen LogP contribution < -0.4 is 5.32 Å². The first-order valence-electron chi connectivity index (χ1n) is 7.05. The van der Waals surface area contributed by atoms with Crippen molar-refractivity contribution in [3.8, 4) is 0 Å². The van der Waals surface area contributed by atoms with Crippen molar-refractivity contribution in [3.05, 3.63) is 58.4 Å². The Morgan fingerprint density at radius 2 is 2.14 bits per heavy atom. The minimum atomic E-state index is -0.728. The lowest BCUT2D eigenvalue weighted by atomic mass is 10.1. The molecule has 1 unspecified atom stereocenters. The fourth-order valence-electron chi connectivity index (χ4n) is 2.51. The first kappa shape index (κ1) is 14.8. The second-order valence-electron chi connectivity index (χ2n) is 5.24. The van der Waals surface area contributed by atoms with E-state index in [9.17, 15) is 9.90 Å². The first-order valence-corrected chi connectivity index (χ1v) is 7.93. The maximum Gasteiger partial charge on any atom is 0.254 e. The number of carbonyl (C=O) groups excluding carboxylic acids is 1. The van der Waals surface area contributed by atoms with Gasteiger partial charge >= 0.3 is 0 Å². The highest BCUT2D eigenvalue weighted by molar-refractivity contribution is 7.17. The summed E-state index contributed by atoms with van der Waals surface area (Å²) in [5.74, 6) is 1.06. The van der Waals surface area contributed by atoms with Gasteiger partial charge in [0, 0.05) is 16.8 Å². The van der Waals surface area contributed by atoms with Crippen molar-refractivity contribution < 1.29 is 14.3 Å². The normalized spacial score (nSPS) is 12.5. The van der Waals surface area contributed by atoms with Crippen molar-refractivity contribution in [2.24, 2.45) is 0 Å². The van der Waals surface area contributed by atoms with Gasteiger partial charge in [0.05, 0.1) is 11.7 Å². The third kappa shape index (κ3) is 2.77. The third-order valence-electron chi connectivity index (χ3n) is 3.61. The van der Waals surface area contributed by atoms with Crippen LogP contribution in [-0.2, 0) is 0 Å². The molecule has 22 heavy (non-hydrogen) atoms. The molecular weight excluding hydrogens is 298 g/mol. The molecule has 5 heteroatoms. The summed E-state index contributed by atoms with van der Waals surface area (Å²) in [6, 6.07) is 9.63. The zero-order valence-corrected chi connectivity index (χ0v) is 13.2. The summed E-state index contributed by atoms with van der Waals surface area (Å²) in [5, 5.41) is 16.1. The molecule has 0 spiro atoms. The SMILES string of the molecule is Cc1cc(C(=O)NCC(O)c2csc3ccccc23)c(C)o1. The van der Waals surface area contributed by atoms with Gasteiger partial charge in [0.15, 0.2) is 0 Å². The van der Waals surface area contributed by atoms with Crippen LogP contribution in [0.4, 0.5) is 0 Å². The van der Waals surface area contributed by atoms with Crippen LogP contribution in [0, 0.1) is 13.8 Å². The molecule has 3 rings (SSSR count). The standard InChI is InChI=1S/C17H17NO3S/c1-10-7-13(11(2)21-10)17(20)18-8-15(19)14-9-22-16-6-4-3-5-12(14)16/h3-7,9,15,19H,8H2,1-2H3,(H,18,20). The molecule has 1 amide bonds. The van der Waals surface area contributed by atoms with Gasteiger partial charge in [-0.05, 0) is 36.7 Å². The van der Waals surface area contributed by atoms with Gasteiger partial charge in [0.1, 0.15) is 11.5 Å². The Morgan fingerprint density at radius 1 is 1.36 bits per heavy atom. The van der Waals surface area contributed by atoms with E-state index in [1.807, 2.05) is 29.6 Å². The minimum absolute atomic E-state index is 0.170. The van der Waals surface area contributed by atoms with Gasteiger partial charge in [-0.2, -0.15) is 0 Å². The van der Waals surface area contributed by atoms with Crippen LogP contribution in [0.5, 0.6) is 0 Å². The Kier molecular flexibility index (Phi) is 4.00. The minimum Gasteiger partial charge on any atom is -0.466 e. The molecule has 0 bridgehead atoms. The third-order valence-corrected chi connectivity index (χ3v) is 4.59. The van der Waals surface area contributed by atoms with Crippen molar-refractivity contribution in [3.63, 3.8) is 0 Å². The molecule has 114 valence electrons. The van der Waals surface area contributed by atoms with Crippen LogP contribution >= 0.6 is 11.3 Å². The van der Waals surface area contributed by atoms with Gasteiger partial charge < -0.3 is 14.8 Å². The number of hydrogen-bond donors (Lipinski definition) is 2. The summed E-state index contributed by atoms with van der Waals surface area (Å²) >= 11 is 1.59. The first-order chi connectivity index (χ1) is 10.6. The van der Waals surface area contributed by atoms with E-state index in [0.29, 0.717) is 17.1 Å². The quantitative estimate of drug-likeness (QED) is 0.773. The molecule has 0 radical (unpaired) electrons. The molecule has 0 aliphatic carbocycles. The number of nitrogens with one attached hydrogen (secondary N) is 1. The molecule has 2 N–H and O–H groups in total. The Balaban J connectivity index is 1.71. The van der Waals surface area contributed by atoms with E-state index in [4.69, 9.17) is 4.42 Å². The van der Waals surface area contributed by atoms with Crippen molar-refractivity contribution in [1.29, 1.82) is 0 Å². The van der Waals surface area contributed by atoms with Gasteiger partial charge in [-0.15, -0.1) is 11.3 Å². The van der Waals surface area contributed by atoms with E-state index in [1.54, 1.807) is 31.3 Å². The summed E-state index contributed by atoms with van der Waals surface area (Å²) < 4.78 is 6.48. The van der Waals surface area contributed by atoms with E-state index >= 15 is 0 Å². The van der Waals surface area contributed by atoms with Crippen LogP contribution in [0.1, 0.15) is 33.5 Å². The molecule has 0 aliphatic rings. The molecule has 2 aromatic heterocycles. The van der Waals surface area contributed by atoms with Crippen molar-refractivity contribution in [2.45, 2.75) is 20.0 Å². The summed E-state index contributed by atoms with van der Waals surface area (Å²) in [5.41, 5.74) is 1.36. The van der Waals surface area contributed by atoms with Crippen molar-refractivity contribution >= 4 is 27.3 Å². The maximum atomic E-state index is 12.1. The molecule has 4 nitrogen and oxygen atoms in total. The van der Waals surface area contributed by atoms with E-state index < -0.39 is 6.10 Å². The molecule has 0 aliphatic heterocycles. The smallest absolute Gasteiger partial charge is 0.254 e. The maximum absolute atomic E-state index is 12.1. The molecule has 0 saturated heterocycles. The highest BCUT2D eigenvalue weighted by Crippen LogP contribution is 2.29. The van der Waals surface area contributed by atoms with Gasteiger partial charge in [0.25, 0.3) is 5.91 Å². The second-order valence-corrected chi connectivity index (χ2v) is 6.15. The Bertz CT molecular complexity index is 818. The Labute approximate surface area is 132 Å². The number of hydrogen-bond acceptors (Lipinski definition) is 4. The van der Waals surface area contributed by atoms with Gasteiger partial charge in [-0.1, -0.05) is 18.2 Å². The zero-order chi connectivity index (χ0) is 15.7. The second kappa shape index (κ2) is 5.94. The average Bonchev–Trinajstić information content (AvgIpc) is 3.07. The highest BCUT2D eigenvalue weighted by atomic mass is 32.1. The zero-order valence-electron chi connectivity index (χ0n) is 12.4. The molecule has 3 aromatic rings. The number of aliphatic hydroxyl groups is 1. The fourth-order valence-corrected chi connectivity index (χ4v) is 3.52. The number of aryl methyl sites for hydroxylation is 2. The number of aliphatic hydroxyl groups excluding tert-OH is 1. The number of amides is 1. The van der Waals surface area contributed by atoms with E-state index in [0.717, 1.165) is 15.6 Å². The lowest BCUT2D eigenvalue weighted by Gasteiger charge is -2.11. The highest BCUT2D eigenvalue weighted by Gasteiger charge is 2.17. The predicted octanol–water partition coefficient (Wildman–Crippen LogP) is 3.57. The monoisotopic (exact) mass is 315 g/mol. The van der Waals surface area contributed by atoms with Crippen molar-refractivity contribution in [1.82, 2.24) is 5.32 Å². The Morgan fingerprint density at radius 3 is 2.86 bits per heavy atom. The molecular formula is C17H17NO3S. The summed E-state index contributed by atoms with van der Waals surface area (Å²) in [6.45, 7) is 3.73.